The predicted molar refractivity (Wildman–Crippen MR) is 191 cm³/mol. The lowest BCUT2D eigenvalue weighted by molar-refractivity contribution is -0.143. The lowest BCUT2D eigenvalue weighted by Gasteiger charge is -2.50. The first kappa shape index (κ1) is 38.5. The van der Waals surface area contributed by atoms with Crippen molar-refractivity contribution in [3.63, 3.8) is 0 Å². The van der Waals surface area contributed by atoms with E-state index in [2.05, 4.69) is 5.43 Å². The van der Waals surface area contributed by atoms with Crippen molar-refractivity contribution in [2.45, 2.75) is 36.5 Å². The minimum Gasteiger partial charge on any atom is -0.508 e. The number of allylic oxidation sites excluding steroid dienone is 2. The van der Waals surface area contributed by atoms with Gasteiger partial charge in [-0.1, -0.05) is 47.0 Å². The molecule has 2 N–H and O–H groups in total. The molecule has 2 aliphatic carbocycles. The lowest BCUT2D eigenvalue weighted by Crippen LogP contribution is -2.53. The molecule has 4 aromatic rings. The SMILES string of the molecule is O=C1C2CC3C(=CCC4C(=O)N(c5cc(C(F)(F)F)cc(C(F)(F)F)c5)C(=O)C43)C(c3cc(Cl)ccc3O)C2(c2ccc(Cl)cc2)C(=O)N1Nc1ccc(F)cc1. The molecule has 4 aromatic carbocycles. The van der Waals surface area contributed by atoms with Gasteiger partial charge in [0.05, 0.1) is 45.7 Å². The number of hydrogen-bond acceptors (Lipinski definition) is 6. The topological polar surface area (TPSA) is 107 Å². The number of nitrogens with one attached hydrogen (secondary N) is 1. The number of rotatable bonds is 5. The third-order valence-corrected chi connectivity index (χ3v) is 11.9. The molecule has 4 amide bonds. The molecule has 294 valence electrons. The minimum absolute atomic E-state index is 0.0583. The fraction of sp³-hybridized carbons (Fsp3) is 0.250. The van der Waals surface area contributed by atoms with Crippen LogP contribution < -0.4 is 10.3 Å². The molecular weight excluding hydrogens is 806 g/mol. The Balaban J connectivity index is 1.31. The Morgan fingerprint density at radius 3 is 1.96 bits per heavy atom. The molecule has 1 saturated carbocycles. The molecule has 6 atom stereocenters. The van der Waals surface area contributed by atoms with Crippen LogP contribution in [0.25, 0.3) is 0 Å². The van der Waals surface area contributed by atoms with Crippen LogP contribution in [-0.4, -0.2) is 33.7 Å². The van der Waals surface area contributed by atoms with Gasteiger partial charge in [0.1, 0.15) is 11.6 Å². The molecule has 2 heterocycles. The van der Waals surface area contributed by atoms with Gasteiger partial charge in [-0.25, -0.2) is 9.29 Å². The number of phenolic OH excluding ortho intramolecular Hbond substituents is 1. The summed E-state index contributed by atoms with van der Waals surface area (Å²) in [7, 11) is 0. The van der Waals surface area contributed by atoms with Crippen molar-refractivity contribution < 1.29 is 55.0 Å². The van der Waals surface area contributed by atoms with E-state index in [0.717, 1.165) is 17.1 Å². The highest BCUT2D eigenvalue weighted by molar-refractivity contribution is 6.31. The van der Waals surface area contributed by atoms with E-state index in [1.54, 1.807) is 6.08 Å². The van der Waals surface area contributed by atoms with Crippen molar-refractivity contribution >= 4 is 58.2 Å². The van der Waals surface area contributed by atoms with E-state index >= 15 is 4.79 Å². The Morgan fingerprint density at radius 1 is 0.737 bits per heavy atom. The van der Waals surface area contributed by atoms with E-state index in [1.165, 1.54) is 54.6 Å². The fourth-order valence-corrected chi connectivity index (χ4v) is 9.38. The van der Waals surface area contributed by atoms with Crippen LogP contribution in [0.1, 0.15) is 41.0 Å². The summed E-state index contributed by atoms with van der Waals surface area (Å²) in [5, 5.41) is 12.6. The van der Waals surface area contributed by atoms with Gasteiger partial charge in [0, 0.05) is 21.5 Å². The van der Waals surface area contributed by atoms with Crippen molar-refractivity contribution in [1.82, 2.24) is 5.01 Å². The second-order valence-corrected chi connectivity index (χ2v) is 15.2. The maximum Gasteiger partial charge on any atom is 0.416 e. The predicted octanol–water partition coefficient (Wildman–Crippen LogP) is 9.07. The zero-order valence-corrected chi connectivity index (χ0v) is 30.3. The second-order valence-electron chi connectivity index (χ2n) is 14.4. The zero-order chi connectivity index (χ0) is 40.9. The molecule has 0 radical (unpaired) electrons. The van der Waals surface area contributed by atoms with E-state index in [9.17, 15) is 50.2 Å². The first-order valence-corrected chi connectivity index (χ1v) is 18.1. The van der Waals surface area contributed by atoms with Crippen molar-refractivity contribution in [3.05, 3.63) is 135 Å². The van der Waals surface area contributed by atoms with Crippen LogP contribution in [0.3, 0.4) is 0 Å². The highest BCUT2D eigenvalue weighted by Crippen LogP contribution is 2.65. The molecule has 57 heavy (non-hydrogen) atoms. The van der Waals surface area contributed by atoms with Crippen molar-refractivity contribution in [2.24, 2.45) is 23.7 Å². The van der Waals surface area contributed by atoms with Crippen LogP contribution in [0.5, 0.6) is 5.75 Å². The number of carbonyl (C=O) groups is 4. The van der Waals surface area contributed by atoms with E-state index in [4.69, 9.17) is 23.2 Å². The number of fused-ring (bicyclic) bond motifs is 4. The molecule has 0 spiro atoms. The third kappa shape index (κ3) is 6.04. The monoisotopic (exact) mass is 831 g/mol. The zero-order valence-electron chi connectivity index (χ0n) is 28.8. The second kappa shape index (κ2) is 13.3. The number of halogens is 9. The van der Waals surface area contributed by atoms with Gasteiger partial charge in [-0.05, 0) is 97.1 Å². The van der Waals surface area contributed by atoms with E-state index < -0.39 is 93.6 Å². The quantitative estimate of drug-likeness (QED) is 0.118. The average molecular weight is 833 g/mol. The smallest absolute Gasteiger partial charge is 0.416 e. The summed E-state index contributed by atoms with van der Waals surface area (Å²) >= 11 is 12.7. The summed E-state index contributed by atoms with van der Waals surface area (Å²) in [6.07, 6.45) is -9.51. The molecule has 4 aliphatic rings. The van der Waals surface area contributed by atoms with Gasteiger partial charge in [-0.2, -0.15) is 31.4 Å². The highest BCUT2D eigenvalue weighted by Gasteiger charge is 2.70. The third-order valence-electron chi connectivity index (χ3n) is 11.4. The molecule has 17 heteroatoms. The number of aromatic hydroxyl groups is 1. The Kier molecular flexibility index (Phi) is 9.00. The van der Waals surface area contributed by atoms with Crippen molar-refractivity contribution in [1.29, 1.82) is 0 Å². The van der Waals surface area contributed by atoms with E-state index in [1.807, 2.05) is 0 Å². The molecule has 6 unspecified atom stereocenters. The number of phenols is 1. The summed E-state index contributed by atoms with van der Waals surface area (Å²) in [4.78, 5) is 58.7. The summed E-state index contributed by atoms with van der Waals surface area (Å²) in [5.74, 6) is -11.2. The largest absolute Gasteiger partial charge is 0.508 e. The van der Waals surface area contributed by atoms with Gasteiger partial charge in [0.25, 0.3) is 11.8 Å². The van der Waals surface area contributed by atoms with E-state index in [0.29, 0.717) is 22.6 Å². The number of nitrogens with zero attached hydrogens (tertiary/aromatic N) is 2. The van der Waals surface area contributed by atoms with Gasteiger partial charge in [0.15, 0.2) is 0 Å². The molecule has 2 saturated heterocycles. The first-order valence-electron chi connectivity index (χ1n) is 17.3. The summed E-state index contributed by atoms with van der Waals surface area (Å²) in [6.45, 7) is 0. The Morgan fingerprint density at radius 2 is 1.35 bits per heavy atom. The fourth-order valence-electron chi connectivity index (χ4n) is 9.08. The molecule has 2 aliphatic heterocycles. The summed E-state index contributed by atoms with van der Waals surface area (Å²) in [6, 6.07) is 15.3. The Labute approximate surface area is 328 Å². The Hall–Kier alpha value is -5.41. The Bertz CT molecular complexity index is 2370. The summed E-state index contributed by atoms with van der Waals surface area (Å²) < 4.78 is 97.2. The van der Waals surface area contributed by atoms with Crippen LogP contribution in [0.4, 0.5) is 42.1 Å². The molecule has 8 nitrogen and oxygen atoms in total. The number of carbonyl (C=O) groups excluding carboxylic acids is 4. The minimum atomic E-state index is -5.27. The van der Waals surface area contributed by atoms with Crippen molar-refractivity contribution in [2.75, 3.05) is 10.3 Å². The van der Waals surface area contributed by atoms with Gasteiger partial charge in [-0.15, -0.1) is 0 Å². The molecular formula is C40H26Cl2F7N3O5. The first-order chi connectivity index (χ1) is 26.8. The van der Waals surface area contributed by atoms with Crippen LogP contribution in [-0.2, 0) is 36.9 Å². The number of hydrogen-bond donors (Lipinski definition) is 2. The lowest BCUT2D eigenvalue weighted by atomic mass is 9.49. The molecule has 3 fully saturated rings. The van der Waals surface area contributed by atoms with Crippen LogP contribution in [0.15, 0.2) is 96.6 Å². The number of hydrazine groups is 1. The molecule has 0 bridgehead atoms. The van der Waals surface area contributed by atoms with Gasteiger partial charge < -0.3 is 5.11 Å². The van der Waals surface area contributed by atoms with Crippen LogP contribution in [0, 0.1) is 29.5 Å². The van der Waals surface area contributed by atoms with Crippen LogP contribution in [0.2, 0.25) is 10.0 Å². The number of amides is 4. The van der Waals surface area contributed by atoms with Crippen molar-refractivity contribution in [3.8, 4) is 5.75 Å². The maximum atomic E-state index is 15.2. The average Bonchev–Trinajstić information content (AvgIpc) is 3.53. The highest BCUT2D eigenvalue weighted by atomic mass is 35.5. The number of anilines is 2. The normalized spacial score (nSPS) is 26.0. The van der Waals surface area contributed by atoms with Crippen LogP contribution >= 0.6 is 23.2 Å². The van der Waals surface area contributed by atoms with Gasteiger partial charge in [-0.3, -0.25) is 24.6 Å². The van der Waals surface area contributed by atoms with Gasteiger partial charge in [0.2, 0.25) is 11.8 Å². The standard InChI is InChI=1S/C40H26Cl2F7N3O5/c41-21-3-1-18(2-4-21)38-30(35(55)52(37(38)57)50-24-8-6-23(43)7-9-24)17-28-26(33(38)29-16-22(42)5-12-31(29)53)10-11-27-32(28)36(56)51(34(27)54)25-14-19(39(44,45)46)13-20(15-25)40(47,48)49/h1-10,12-16,27-28,30,32-33,50,53H,11,17H2. The number of imide groups is 2. The van der Waals surface area contributed by atoms with Gasteiger partial charge >= 0.3 is 12.4 Å². The summed E-state index contributed by atoms with van der Waals surface area (Å²) in [5.41, 5.74) is -2.75. The maximum absolute atomic E-state index is 15.2. The number of benzene rings is 4. The van der Waals surface area contributed by atoms with E-state index in [-0.39, 0.29) is 51.5 Å². The molecule has 8 rings (SSSR count). The number of alkyl halides is 6. The molecule has 0 aromatic heterocycles.